The van der Waals surface area contributed by atoms with E-state index in [2.05, 4.69) is 20.3 Å². The molecule has 36 heavy (non-hydrogen) atoms. The maximum atomic E-state index is 11.2. The minimum Gasteiger partial charge on any atom is -0.480 e. The summed E-state index contributed by atoms with van der Waals surface area (Å²) in [5.74, 6) is 0.823. The van der Waals surface area contributed by atoms with Crippen molar-refractivity contribution in [2.75, 3.05) is 12.4 Å². The van der Waals surface area contributed by atoms with Gasteiger partial charge in [0, 0.05) is 29.4 Å². The van der Waals surface area contributed by atoms with Gasteiger partial charge in [-0.2, -0.15) is 0 Å². The number of fused-ring (bicyclic) bond motifs is 1. The monoisotopic (exact) mass is 535 g/mol. The molecule has 0 spiro atoms. The van der Waals surface area contributed by atoms with Crippen LogP contribution < -0.4 is 15.8 Å². The number of thiazole rings is 1. The molecule has 0 saturated heterocycles. The van der Waals surface area contributed by atoms with E-state index in [1.54, 1.807) is 18.3 Å². The average Bonchev–Trinajstić information content (AvgIpc) is 3.34. The summed E-state index contributed by atoms with van der Waals surface area (Å²) in [6.45, 7) is 0.364. The third-order valence-corrected chi connectivity index (χ3v) is 7.41. The first kappa shape index (κ1) is 24.1. The van der Waals surface area contributed by atoms with Crippen LogP contribution in [0, 0.1) is 0 Å². The van der Waals surface area contributed by atoms with E-state index < -0.39 is 0 Å². The van der Waals surface area contributed by atoms with Gasteiger partial charge in [0.25, 0.3) is 0 Å². The number of rotatable bonds is 7. The molecule has 0 aliphatic heterocycles. The molecule has 3 aromatic heterocycles. The molecule has 0 fully saturated rings. The minimum atomic E-state index is 0.231. The number of carbonyl (C=O) groups excluding carboxylic acids is 1. The first-order valence-electron chi connectivity index (χ1n) is 10.8. The van der Waals surface area contributed by atoms with Gasteiger partial charge in [0.2, 0.25) is 5.88 Å². The highest BCUT2D eigenvalue weighted by atomic mass is 35.5. The Labute approximate surface area is 220 Å². The van der Waals surface area contributed by atoms with Gasteiger partial charge in [0.1, 0.15) is 10.5 Å². The molecule has 0 aliphatic rings. The van der Waals surface area contributed by atoms with Gasteiger partial charge in [0.15, 0.2) is 12.1 Å². The molecular weight excluding hydrogens is 517 g/mol. The molecule has 0 atom stereocenters. The predicted octanol–water partition coefficient (Wildman–Crippen LogP) is 6.75. The van der Waals surface area contributed by atoms with Crippen LogP contribution in [0.5, 0.6) is 5.88 Å². The smallest absolute Gasteiger partial charge is 0.224 e. The number of nitrogens with one attached hydrogen (secondary N) is 1. The Balaban J connectivity index is 1.55. The third-order valence-electron chi connectivity index (χ3n) is 5.55. The molecule has 0 bridgehead atoms. The van der Waals surface area contributed by atoms with Crippen molar-refractivity contribution in [1.82, 2.24) is 15.0 Å². The summed E-state index contributed by atoms with van der Waals surface area (Å²) >= 11 is 15.3. The van der Waals surface area contributed by atoms with Crippen LogP contribution in [-0.4, -0.2) is 28.3 Å². The van der Waals surface area contributed by atoms with Gasteiger partial charge >= 0.3 is 0 Å². The molecule has 5 aromatic rings. The number of nitrogens with zero attached hydrogens (tertiary/aromatic N) is 3. The molecule has 5 rings (SSSR count). The van der Waals surface area contributed by atoms with E-state index in [1.165, 1.54) is 18.4 Å². The lowest BCUT2D eigenvalue weighted by atomic mass is 10.00. The zero-order valence-corrected chi connectivity index (χ0v) is 21.3. The quantitative estimate of drug-likeness (QED) is 0.222. The number of carbonyl (C=O) groups is 1. The molecule has 3 heterocycles. The summed E-state index contributed by atoms with van der Waals surface area (Å²) in [5.41, 5.74) is 10.2. The van der Waals surface area contributed by atoms with Crippen molar-refractivity contribution in [1.29, 1.82) is 0 Å². The first-order valence-corrected chi connectivity index (χ1v) is 12.4. The highest BCUT2D eigenvalue weighted by molar-refractivity contribution is 7.18. The van der Waals surface area contributed by atoms with Crippen molar-refractivity contribution < 1.29 is 9.53 Å². The van der Waals surface area contributed by atoms with Gasteiger partial charge in [-0.15, -0.1) is 11.3 Å². The van der Waals surface area contributed by atoms with Crippen molar-refractivity contribution >= 4 is 62.5 Å². The van der Waals surface area contributed by atoms with Crippen LogP contribution in [0.3, 0.4) is 0 Å². The Morgan fingerprint density at radius 1 is 1.00 bits per heavy atom. The van der Waals surface area contributed by atoms with E-state index in [9.17, 15) is 4.79 Å². The van der Waals surface area contributed by atoms with Crippen LogP contribution in [0.1, 0.15) is 15.4 Å². The number of anilines is 2. The molecule has 0 radical (unpaired) electrons. The van der Waals surface area contributed by atoms with Crippen molar-refractivity contribution in [3.05, 3.63) is 81.4 Å². The molecule has 3 N–H and O–H groups in total. The van der Waals surface area contributed by atoms with Crippen LogP contribution in [0.2, 0.25) is 10.0 Å². The van der Waals surface area contributed by atoms with Crippen LogP contribution >= 0.6 is 34.5 Å². The van der Waals surface area contributed by atoms with Crippen LogP contribution in [-0.2, 0) is 6.54 Å². The summed E-state index contributed by atoms with van der Waals surface area (Å²) in [7, 11) is 1.47. The van der Waals surface area contributed by atoms with Crippen molar-refractivity contribution in [3.8, 4) is 28.3 Å². The summed E-state index contributed by atoms with van der Waals surface area (Å²) < 4.78 is 6.24. The van der Waals surface area contributed by atoms with Crippen molar-refractivity contribution in [2.45, 2.75) is 6.54 Å². The van der Waals surface area contributed by atoms with Gasteiger partial charge < -0.3 is 15.8 Å². The number of halogens is 2. The number of aldehydes is 1. The molecule has 2 aromatic carbocycles. The van der Waals surface area contributed by atoms with Crippen LogP contribution in [0.15, 0.2) is 60.8 Å². The second kappa shape index (κ2) is 10.2. The van der Waals surface area contributed by atoms with Gasteiger partial charge in [0.05, 0.1) is 38.8 Å². The highest BCUT2D eigenvalue weighted by Crippen LogP contribution is 2.42. The Hall–Kier alpha value is -3.56. The number of hydrogen-bond donors (Lipinski definition) is 2. The Bertz CT molecular complexity index is 1610. The molecule has 0 saturated carbocycles. The van der Waals surface area contributed by atoms with Gasteiger partial charge in [-0.1, -0.05) is 53.5 Å². The predicted molar refractivity (Wildman–Crippen MR) is 146 cm³/mol. The largest absolute Gasteiger partial charge is 0.480 e. The summed E-state index contributed by atoms with van der Waals surface area (Å²) in [4.78, 5) is 24.8. The first-order chi connectivity index (χ1) is 17.5. The summed E-state index contributed by atoms with van der Waals surface area (Å²) in [5, 5.41) is 5.09. The molecule has 10 heteroatoms. The average molecular weight is 536 g/mol. The van der Waals surface area contributed by atoms with E-state index in [4.69, 9.17) is 33.7 Å². The molecule has 0 unspecified atom stereocenters. The zero-order chi connectivity index (χ0) is 25.2. The van der Waals surface area contributed by atoms with Crippen LogP contribution in [0.4, 0.5) is 11.5 Å². The molecule has 0 amide bonds. The third kappa shape index (κ3) is 4.40. The highest BCUT2D eigenvalue weighted by Gasteiger charge is 2.17. The van der Waals surface area contributed by atoms with E-state index >= 15 is 0 Å². The lowest BCUT2D eigenvalue weighted by Gasteiger charge is -2.15. The number of aromatic nitrogens is 3. The van der Waals surface area contributed by atoms with E-state index in [0.717, 1.165) is 26.4 Å². The number of methoxy groups -OCH3 is 1. The molecular formula is C26H19Cl2N5O2S. The number of benzene rings is 2. The molecule has 7 nitrogen and oxygen atoms in total. The van der Waals surface area contributed by atoms with Crippen molar-refractivity contribution in [2.24, 2.45) is 5.73 Å². The normalized spacial score (nSPS) is 11.0. The number of pyridine rings is 2. The number of hydrogen-bond acceptors (Lipinski definition) is 8. The Kier molecular flexibility index (Phi) is 6.84. The fraction of sp³-hybridized carbons (Fsp3) is 0.0769. The molecule has 0 aliphatic carbocycles. The lowest BCUT2D eigenvalue weighted by molar-refractivity contribution is 0.112. The van der Waals surface area contributed by atoms with Crippen LogP contribution in [0.25, 0.3) is 32.6 Å². The summed E-state index contributed by atoms with van der Waals surface area (Å²) in [6.07, 6.45) is 2.42. The van der Waals surface area contributed by atoms with Crippen molar-refractivity contribution in [3.63, 3.8) is 0 Å². The minimum absolute atomic E-state index is 0.231. The lowest BCUT2D eigenvalue weighted by Crippen LogP contribution is -1.98. The fourth-order valence-corrected chi connectivity index (χ4v) is 5.28. The SMILES string of the molecule is COc1nc(-c2cccc(-c3cccc(Nc4nccc5sc(CN)nc45)c3Cl)c2Cl)ccc1C=O. The maximum Gasteiger partial charge on any atom is 0.224 e. The van der Waals surface area contributed by atoms with E-state index in [1.807, 2.05) is 42.5 Å². The van der Waals surface area contributed by atoms with Gasteiger partial charge in [-0.3, -0.25) is 4.79 Å². The number of ether oxygens (including phenoxy) is 1. The van der Waals surface area contributed by atoms with Gasteiger partial charge in [-0.25, -0.2) is 15.0 Å². The Morgan fingerprint density at radius 3 is 2.50 bits per heavy atom. The Morgan fingerprint density at radius 2 is 1.75 bits per heavy atom. The van der Waals surface area contributed by atoms with E-state index in [-0.39, 0.29) is 5.88 Å². The molecule has 180 valence electrons. The second-order valence-electron chi connectivity index (χ2n) is 7.69. The fourth-order valence-electron chi connectivity index (χ4n) is 3.84. The second-order valence-corrected chi connectivity index (χ2v) is 9.56. The van der Waals surface area contributed by atoms with Gasteiger partial charge in [-0.05, 0) is 24.3 Å². The summed E-state index contributed by atoms with van der Waals surface area (Å²) in [6, 6.07) is 16.6. The standard InChI is InChI=1S/C26H19Cl2N5O2S/c1-35-26-14(13-34)8-9-18(32-26)17-6-2-4-15(22(17)27)16-5-3-7-19(23(16)28)31-25-24-20(10-11-30-25)36-21(12-29)33-24/h2-11,13H,12,29H2,1H3,(H,30,31). The zero-order valence-electron chi connectivity index (χ0n) is 19.0. The number of nitrogens with two attached hydrogens (primary N) is 1. The van der Waals surface area contributed by atoms with E-state index in [0.29, 0.717) is 51.2 Å². The topological polar surface area (TPSA) is 103 Å². The maximum absolute atomic E-state index is 11.2.